The van der Waals surface area contributed by atoms with Gasteiger partial charge in [-0.1, -0.05) is 26.0 Å². The first-order valence-electron chi connectivity index (χ1n) is 8.36. The van der Waals surface area contributed by atoms with Gasteiger partial charge in [-0.2, -0.15) is 0 Å². The minimum atomic E-state index is -1.02. The van der Waals surface area contributed by atoms with Crippen molar-refractivity contribution in [3.8, 4) is 0 Å². The second kappa shape index (κ2) is 9.31. The van der Waals surface area contributed by atoms with Crippen molar-refractivity contribution in [3.05, 3.63) is 57.8 Å². The van der Waals surface area contributed by atoms with Gasteiger partial charge in [0.15, 0.2) is 6.61 Å². The molecule has 10 heteroatoms. The molecule has 2 rings (SSSR count). The molecule has 10 nitrogen and oxygen atoms in total. The summed E-state index contributed by atoms with van der Waals surface area (Å²) in [4.78, 5) is 45.8. The van der Waals surface area contributed by atoms with Crippen LogP contribution in [0.25, 0.3) is 0 Å². The van der Waals surface area contributed by atoms with Crippen LogP contribution in [0.4, 0.5) is 11.6 Å². The molecule has 1 aromatic carbocycles. The Balaban J connectivity index is 1.94. The fourth-order valence-corrected chi connectivity index (χ4v) is 2.11. The summed E-state index contributed by atoms with van der Waals surface area (Å²) >= 11 is 0. The third-order valence-corrected chi connectivity index (χ3v) is 3.42. The van der Waals surface area contributed by atoms with Gasteiger partial charge in [-0.25, -0.2) is 4.79 Å². The van der Waals surface area contributed by atoms with Crippen LogP contribution in [-0.2, 0) is 9.53 Å². The summed E-state index contributed by atoms with van der Waals surface area (Å²) in [6.07, 6.45) is 0. The molecule has 0 atom stereocenters. The maximum atomic E-state index is 12.2. The molecule has 0 fully saturated rings. The van der Waals surface area contributed by atoms with Gasteiger partial charge in [0.2, 0.25) is 5.76 Å². The van der Waals surface area contributed by atoms with Crippen molar-refractivity contribution in [2.75, 3.05) is 18.5 Å². The van der Waals surface area contributed by atoms with E-state index in [9.17, 15) is 24.5 Å². The molecule has 2 aromatic rings. The van der Waals surface area contributed by atoms with Gasteiger partial charge in [-0.3, -0.25) is 19.7 Å². The number of nitrogens with one attached hydrogen (secondary N) is 2. The molecule has 2 N–H and O–H groups in total. The van der Waals surface area contributed by atoms with Crippen molar-refractivity contribution in [2.45, 2.75) is 13.8 Å². The summed E-state index contributed by atoms with van der Waals surface area (Å²) in [5, 5.41) is 15.8. The Labute approximate surface area is 160 Å². The topological polar surface area (TPSA) is 141 Å². The molecule has 0 unspecified atom stereocenters. The summed E-state index contributed by atoms with van der Waals surface area (Å²) < 4.78 is 9.46. The highest BCUT2D eigenvalue weighted by Crippen LogP contribution is 2.17. The molecule has 0 bridgehead atoms. The van der Waals surface area contributed by atoms with E-state index in [1.807, 2.05) is 13.8 Å². The Morgan fingerprint density at radius 2 is 1.89 bits per heavy atom. The van der Waals surface area contributed by atoms with E-state index in [0.29, 0.717) is 6.54 Å². The number of ether oxygens (including phenoxy) is 1. The maximum Gasteiger partial charge on any atom is 0.433 e. The number of nitrogens with zero attached hydrogens (tertiary/aromatic N) is 1. The lowest BCUT2D eigenvalue weighted by Gasteiger charge is -2.12. The molecule has 0 radical (unpaired) electrons. The van der Waals surface area contributed by atoms with E-state index in [4.69, 9.17) is 9.15 Å². The van der Waals surface area contributed by atoms with Gasteiger partial charge in [-0.05, 0) is 24.1 Å². The molecule has 148 valence electrons. The Bertz CT molecular complexity index is 889. The van der Waals surface area contributed by atoms with Gasteiger partial charge in [-0.15, -0.1) is 0 Å². The van der Waals surface area contributed by atoms with Gasteiger partial charge < -0.3 is 19.8 Å². The van der Waals surface area contributed by atoms with E-state index >= 15 is 0 Å². The number of rotatable bonds is 8. The highest BCUT2D eigenvalue weighted by molar-refractivity contribution is 6.04. The number of hydrogen-bond acceptors (Lipinski definition) is 7. The maximum absolute atomic E-state index is 12.2. The lowest BCUT2D eigenvalue weighted by Crippen LogP contribution is -2.29. The van der Waals surface area contributed by atoms with Crippen molar-refractivity contribution in [1.29, 1.82) is 0 Å². The number of carbonyl (C=O) groups is 3. The van der Waals surface area contributed by atoms with Crippen molar-refractivity contribution in [2.24, 2.45) is 5.92 Å². The van der Waals surface area contributed by atoms with Crippen molar-refractivity contribution in [1.82, 2.24) is 5.32 Å². The average molecular weight is 389 g/mol. The van der Waals surface area contributed by atoms with E-state index < -0.39 is 35.1 Å². The van der Waals surface area contributed by atoms with Crippen LogP contribution < -0.4 is 10.6 Å². The van der Waals surface area contributed by atoms with Gasteiger partial charge in [0, 0.05) is 6.54 Å². The van der Waals surface area contributed by atoms with E-state index in [1.165, 1.54) is 0 Å². The minimum absolute atomic E-state index is 0.262. The zero-order chi connectivity index (χ0) is 20.7. The molecule has 2 amide bonds. The Hall–Kier alpha value is -3.69. The predicted octanol–water partition coefficient (Wildman–Crippen LogP) is 2.37. The number of nitro groups is 1. The minimum Gasteiger partial charge on any atom is -0.450 e. The summed E-state index contributed by atoms with van der Waals surface area (Å²) in [6.45, 7) is 3.73. The number of benzene rings is 1. The highest BCUT2D eigenvalue weighted by Gasteiger charge is 2.20. The summed E-state index contributed by atoms with van der Waals surface area (Å²) in [6, 6.07) is 8.47. The van der Waals surface area contributed by atoms with Crippen LogP contribution in [0.15, 0.2) is 40.8 Å². The first kappa shape index (κ1) is 20.6. The molecule has 0 saturated carbocycles. The molecule has 0 spiro atoms. The van der Waals surface area contributed by atoms with Gasteiger partial charge in [0.05, 0.1) is 17.3 Å². The second-order valence-corrected chi connectivity index (χ2v) is 6.17. The molecule has 1 heterocycles. The SMILES string of the molecule is CC(C)CNC(=O)c1ccccc1NC(=O)COC(=O)c1ccc([N+](=O)[O-])o1. The van der Waals surface area contributed by atoms with Crippen LogP contribution in [0.3, 0.4) is 0 Å². The number of furan rings is 1. The molecule has 28 heavy (non-hydrogen) atoms. The molecule has 0 aliphatic carbocycles. The van der Waals surface area contributed by atoms with Gasteiger partial charge >= 0.3 is 11.9 Å². The van der Waals surface area contributed by atoms with E-state index in [1.54, 1.807) is 24.3 Å². The zero-order valence-corrected chi connectivity index (χ0v) is 15.3. The van der Waals surface area contributed by atoms with Crippen LogP contribution in [0.1, 0.15) is 34.8 Å². The van der Waals surface area contributed by atoms with Crippen LogP contribution in [0, 0.1) is 16.0 Å². The largest absolute Gasteiger partial charge is 0.450 e. The number of anilines is 1. The first-order chi connectivity index (χ1) is 13.3. The highest BCUT2D eigenvalue weighted by atomic mass is 16.7. The fourth-order valence-electron chi connectivity index (χ4n) is 2.11. The number of para-hydroxylation sites is 1. The lowest BCUT2D eigenvalue weighted by molar-refractivity contribution is -0.402. The molecular weight excluding hydrogens is 370 g/mol. The Kier molecular flexibility index (Phi) is 6.85. The van der Waals surface area contributed by atoms with E-state index in [-0.39, 0.29) is 23.1 Å². The van der Waals surface area contributed by atoms with E-state index in [2.05, 4.69) is 10.6 Å². The quantitative estimate of drug-likeness (QED) is 0.401. The first-order valence-corrected chi connectivity index (χ1v) is 8.36. The number of carbonyl (C=O) groups excluding carboxylic acids is 3. The third-order valence-electron chi connectivity index (χ3n) is 3.42. The molecular formula is C18H19N3O7. The Morgan fingerprint density at radius 3 is 2.54 bits per heavy atom. The predicted molar refractivity (Wildman–Crippen MR) is 97.9 cm³/mol. The summed E-state index contributed by atoms with van der Waals surface area (Å²) in [5.41, 5.74) is 0.530. The zero-order valence-electron chi connectivity index (χ0n) is 15.3. The van der Waals surface area contributed by atoms with Gasteiger partial charge in [0.25, 0.3) is 11.8 Å². The summed E-state index contributed by atoms with van der Waals surface area (Å²) in [5.74, 6) is -2.79. The van der Waals surface area contributed by atoms with Crippen molar-refractivity contribution >= 4 is 29.4 Å². The third kappa shape index (κ3) is 5.66. The average Bonchev–Trinajstić information content (AvgIpc) is 3.15. The van der Waals surface area contributed by atoms with Crippen LogP contribution in [0.5, 0.6) is 0 Å². The standard InChI is InChI=1S/C18H19N3O7/c1-11(2)9-19-17(23)12-5-3-4-6-13(12)20-15(22)10-27-18(24)14-7-8-16(28-14)21(25)26/h3-8,11H,9-10H2,1-2H3,(H,19,23)(H,20,22). The number of esters is 1. The smallest absolute Gasteiger partial charge is 0.433 e. The fraction of sp³-hybridized carbons (Fsp3) is 0.278. The molecule has 1 aromatic heterocycles. The number of amides is 2. The molecule has 0 saturated heterocycles. The van der Waals surface area contributed by atoms with Crippen LogP contribution in [-0.4, -0.2) is 35.9 Å². The molecule has 0 aliphatic heterocycles. The normalized spacial score (nSPS) is 10.4. The molecule has 0 aliphatic rings. The monoisotopic (exact) mass is 389 g/mol. The van der Waals surface area contributed by atoms with Gasteiger partial charge in [0.1, 0.15) is 4.92 Å². The van der Waals surface area contributed by atoms with Crippen LogP contribution >= 0.6 is 0 Å². The van der Waals surface area contributed by atoms with Crippen molar-refractivity contribution < 1.29 is 28.5 Å². The van der Waals surface area contributed by atoms with Crippen molar-refractivity contribution in [3.63, 3.8) is 0 Å². The van der Waals surface area contributed by atoms with Crippen LogP contribution in [0.2, 0.25) is 0 Å². The van der Waals surface area contributed by atoms with E-state index in [0.717, 1.165) is 12.1 Å². The Morgan fingerprint density at radius 1 is 1.18 bits per heavy atom. The number of hydrogen-bond donors (Lipinski definition) is 2. The summed E-state index contributed by atoms with van der Waals surface area (Å²) in [7, 11) is 0. The second-order valence-electron chi connectivity index (χ2n) is 6.17. The lowest BCUT2D eigenvalue weighted by atomic mass is 10.1.